The number of thioether (sulfide) groups is 2. The molecule has 1 aromatic heterocycles. The van der Waals surface area contributed by atoms with E-state index < -0.39 is 22.7 Å². The number of aliphatic carboxylic acids is 1. The van der Waals surface area contributed by atoms with Gasteiger partial charge < -0.3 is 15.3 Å². The fraction of sp³-hybridized carbons (Fsp3) is 0.583. The second-order valence-corrected chi connectivity index (χ2v) is 7.83. The van der Waals surface area contributed by atoms with Crippen LogP contribution in [-0.2, 0) is 14.4 Å². The minimum atomic E-state index is -1.33. The molecule has 0 bridgehead atoms. The smallest absolute Gasteiger partial charge is 0.313 e. The van der Waals surface area contributed by atoms with E-state index in [4.69, 9.17) is 5.26 Å². The Bertz CT molecular complexity index is 724. The Hall–Kier alpha value is -2.33. The van der Waals surface area contributed by atoms with Crippen LogP contribution in [0.5, 0.6) is 0 Å². The van der Waals surface area contributed by atoms with E-state index in [1.807, 2.05) is 6.07 Å². The standard InChI is InChI=1S/C12H13N7O4S2/c13-2-1-6(25-11-15-17-18-16-11)12(10(22)23)3-19-8(21)7(14-5-20)9(19)24-4-12/h5-7,9H,1,3-4H2,(H,14,20)(H,22,23)(H,15,16,17,18)/t6?,7?,9-,12?/m1/s1. The number of aromatic nitrogens is 4. The summed E-state index contributed by atoms with van der Waals surface area (Å²) in [4.78, 5) is 36.3. The molecule has 2 saturated heterocycles. The highest BCUT2D eigenvalue weighted by Crippen LogP contribution is 2.48. The van der Waals surface area contributed by atoms with Crippen molar-refractivity contribution in [2.24, 2.45) is 5.41 Å². The molecule has 0 saturated carbocycles. The van der Waals surface area contributed by atoms with Gasteiger partial charge in [0.1, 0.15) is 16.8 Å². The zero-order valence-electron chi connectivity index (χ0n) is 12.7. The van der Waals surface area contributed by atoms with Gasteiger partial charge in [0.05, 0.1) is 6.07 Å². The van der Waals surface area contributed by atoms with Gasteiger partial charge in [0.25, 0.3) is 0 Å². The van der Waals surface area contributed by atoms with Crippen molar-refractivity contribution in [1.82, 2.24) is 30.8 Å². The maximum absolute atomic E-state index is 12.2. The van der Waals surface area contributed by atoms with Crippen molar-refractivity contribution < 1.29 is 19.5 Å². The van der Waals surface area contributed by atoms with E-state index in [0.29, 0.717) is 6.41 Å². The van der Waals surface area contributed by atoms with Gasteiger partial charge >= 0.3 is 5.97 Å². The molecule has 11 nitrogen and oxygen atoms in total. The van der Waals surface area contributed by atoms with Crippen LogP contribution in [0, 0.1) is 16.7 Å². The molecule has 2 aliphatic rings. The lowest BCUT2D eigenvalue weighted by atomic mass is 9.82. The number of β-lactam (4-membered cyclic amide) rings is 1. The molecule has 3 heterocycles. The van der Waals surface area contributed by atoms with Crippen LogP contribution in [-0.4, -0.2) is 77.9 Å². The SMILES string of the molecule is N#CCC(Sc1nn[nH]n1)C1(C(=O)O)CS[C@@H]2C(NC=O)C(=O)N2C1. The molecule has 2 fully saturated rings. The molecule has 0 aromatic carbocycles. The molecule has 3 N–H and O–H groups in total. The molecule has 0 spiro atoms. The predicted molar refractivity (Wildman–Crippen MR) is 85.1 cm³/mol. The number of fused-ring (bicyclic) bond motifs is 1. The van der Waals surface area contributed by atoms with Gasteiger partial charge in [0, 0.05) is 24.0 Å². The molecular formula is C12H13N7O4S2. The second kappa shape index (κ2) is 6.89. The van der Waals surface area contributed by atoms with Gasteiger partial charge in [-0.1, -0.05) is 11.8 Å². The van der Waals surface area contributed by atoms with Crippen LogP contribution < -0.4 is 5.32 Å². The molecule has 13 heteroatoms. The summed E-state index contributed by atoms with van der Waals surface area (Å²) in [6, 6.07) is 1.37. The molecule has 132 valence electrons. The van der Waals surface area contributed by atoms with Crippen molar-refractivity contribution >= 4 is 41.8 Å². The third-order valence-corrected chi connectivity index (χ3v) is 7.08. The lowest BCUT2D eigenvalue weighted by Gasteiger charge is -2.54. The minimum absolute atomic E-state index is 0.0347. The van der Waals surface area contributed by atoms with Gasteiger partial charge in [-0.25, -0.2) is 0 Å². The lowest BCUT2D eigenvalue weighted by Crippen LogP contribution is -2.74. The molecule has 1 aromatic rings. The zero-order chi connectivity index (χ0) is 18.0. The third kappa shape index (κ3) is 2.91. The van der Waals surface area contributed by atoms with E-state index in [0.717, 1.165) is 11.8 Å². The molecule has 4 atom stereocenters. The fourth-order valence-corrected chi connectivity index (χ4v) is 5.73. The first kappa shape index (κ1) is 17.5. The number of carboxylic acid groups (broad SMARTS) is 1. The van der Waals surface area contributed by atoms with Crippen LogP contribution in [0.1, 0.15) is 6.42 Å². The number of hydrogen-bond donors (Lipinski definition) is 3. The average molecular weight is 383 g/mol. The van der Waals surface area contributed by atoms with Crippen molar-refractivity contribution in [3.05, 3.63) is 0 Å². The van der Waals surface area contributed by atoms with E-state index in [-0.39, 0.29) is 35.2 Å². The number of carbonyl (C=O) groups excluding carboxylic acids is 2. The molecule has 2 amide bonds. The molecule has 0 radical (unpaired) electrons. The maximum atomic E-state index is 12.2. The highest BCUT2D eigenvalue weighted by Gasteiger charge is 2.59. The first-order valence-electron chi connectivity index (χ1n) is 7.15. The fourth-order valence-electron chi connectivity index (χ4n) is 2.91. The van der Waals surface area contributed by atoms with Crippen LogP contribution in [0.4, 0.5) is 0 Å². The number of nitrogens with zero attached hydrogens (tertiary/aromatic N) is 5. The van der Waals surface area contributed by atoms with Gasteiger partial charge in [0.2, 0.25) is 17.5 Å². The summed E-state index contributed by atoms with van der Waals surface area (Å²) < 4.78 is 0. The van der Waals surface area contributed by atoms with Crippen molar-refractivity contribution in [2.75, 3.05) is 12.3 Å². The average Bonchev–Trinajstić information content (AvgIpc) is 3.11. The number of rotatable bonds is 7. The second-order valence-electron chi connectivity index (χ2n) is 5.55. The molecule has 25 heavy (non-hydrogen) atoms. The Morgan fingerprint density at radius 3 is 3.12 bits per heavy atom. The Morgan fingerprint density at radius 1 is 1.72 bits per heavy atom. The Kier molecular flexibility index (Phi) is 4.82. The highest BCUT2D eigenvalue weighted by molar-refractivity contribution is 8.01. The number of hydrogen-bond acceptors (Lipinski definition) is 9. The summed E-state index contributed by atoms with van der Waals surface area (Å²) in [5, 5.41) is 34.1. The first-order valence-corrected chi connectivity index (χ1v) is 9.08. The van der Waals surface area contributed by atoms with E-state index in [2.05, 4.69) is 25.9 Å². The number of nitrogens with one attached hydrogen (secondary N) is 2. The molecule has 0 aliphatic carbocycles. The molecular weight excluding hydrogens is 370 g/mol. The van der Waals surface area contributed by atoms with E-state index in [1.165, 1.54) is 16.7 Å². The predicted octanol–water partition coefficient (Wildman–Crippen LogP) is -1.33. The van der Waals surface area contributed by atoms with Crippen LogP contribution in [0.2, 0.25) is 0 Å². The molecule has 3 unspecified atom stereocenters. The van der Waals surface area contributed by atoms with Crippen molar-refractivity contribution in [3.63, 3.8) is 0 Å². The Labute approximate surface area is 149 Å². The zero-order valence-corrected chi connectivity index (χ0v) is 14.3. The summed E-state index contributed by atoms with van der Waals surface area (Å²) in [6.07, 6.45) is 0.416. The number of nitriles is 1. The first-order chi connectivity index (χ1) is 12.0. The lowest BCUT2D eigenvalue weighted by molar-refractivity contribution is -0.158. The number of amides is 2. The van der Waals surface area contributed by atoms with Crippen LogP contribution in [0.3, 0.4) is 0 Å². The number of carbonyl (C=O) groups is 3. The summed E-state index contributed by atoms with van der Waals surface area (Å²) in [7, 11) is 0. The quantitative estimate of drug-likeness (QED) is 0.292. The number of H-pyrrole nitrogens is 1. The minimum Gasteiger partial charge on any atom is -0.481 e. The van der Waals surface area contributed by atoms with Gasteiger partial charge in [-0.2, -0.15) is 10.5 Å². The van der Waals surface area contributed by atoms with Gasteiger partial charge in [-0.05, 0) is 5.21 Å². The number of tetrazole rings is 1. The number of aromatic amines is 1. The van der Waals surface area contributed by atoms with E-state index >= 15 is 0 Å². The van der Waals surface area contributed by atoms with Crippen molar-refractivity contribution in [3.8, 4) is 6.07 Å². The van der Waals surface area contributed by atoms with E-state index in [1.54, 1.807) is 0 Å². The van der Waals surface area contributed by atoms with E-state index in [9.17, 15) is 19.5 Å². The van der Waals surface area contributed by atoms with Crippen molar-refractivity contribution in [1.29, 1.82) is 5.26 Å². The summed E-state index contributed by atoms with van der Waals surface area (Å²) in [5.74, 6) is -1.21. The highest BCUT2D eigenvalue weighted by atomic mass is 32.2. The van der Waals surface area contributed by atoms with Crippen molar-refractivity contribution in [2.45, 2.75) is 28.2 Å². The monoisotopic (exact) mass is 383 g/mol. The summed E-state index contributed by atoms with van der Waals surface area (Å²) >= 11 is 2.33. The summed E-state index contributed by atoms with van der Waals surface area (Å²) in [5.41, 5.74) is -1.33. The molecule has 3 rings (SSSR count). The summed E-state index contributed by atoms with van der Waals surface area (Å²) in [6.45, 7) is -0.0347. The Morgan fingerprint density at radius 2 is 2.52 bits per heavy atom. The largest absolute Gasteiger partial charge is 0.481 e. The van der Waals surface area contributed by atoms with Crippen LogP contribution >= 0.6 is 23.5 Å². The molecule has 2 aliphatic heterocycles. The van der Waals surface area contributed by atoms with Gasteiger partial charge in [-0.3, -0.25) is 14.4 Å². The van der Waals surface area contributed by atoms with Crippen LogP contribution in [0.25, 0.3) is 0 Å². The third-order valence-electron chi connectivity index (χ3n) is 4.25. The normalized spacial score (nSPS) is 29.1. The number of carboxylic acids is 1. The van der Waals surface area contributed by atoms with Gasteiger partial charge in [0.15, 0.2) is 0 Å². The Balaban J connectivity index is 1.84. The van der Waals surface area contributed by atoms with Crippen LogP contribution in [0.15, 0.2) is 5.16 Å². The topological polar surface area (TPSA) is 165 Å². The van der Waals surface area contributed by atoms with Gasteiger partial charge in [-0.15, -0.1) is 22.0 Å². The maximum Gasteiger partial charge on any atom is 0.313 e.